The molecule has 0 saturated heterocycles. The molecule has 1 atom stereocenters. The predicted molar refractivity (Wildman–Crippen MR) is 144 cm³/mol. The van der Waals surface area contributed by atoms with Gasteiger partial charge in [-0.15, -0.1) is 0 Å². The van der Waals surface area contributed by atoms with Crippen molar-refractivity contribution in [3.8, 4) is 28.4 Å². The number of benzodiazepines with no additional fused rings is 1. The van der Waals surface area contributed by atoms with Crippen LogP contribution in [0.2, 0.25) is 5.02 Å². The van der Waals surface area contributed by atoms with E-state index in [0.717, 1.165) is 33.5 Å². The Labute approximate surface area is 219 Å². The van der Waals surface area contributed by atoms with Crippen LogP contribution in [0, 0.1) is 0 Å². The van der Waals surface area contributed by atoms with Crippen molar-refractivity contribution in [1.82, 2.24) is 0 Å². The number of phenols is 1. The predicted octanol–water partition coefficient (Wildman–Crippen LogP) is 5.87. The molecule has 7 heteroatoms. The molecule has 0 fully saturated rings. The number of aliphatic imine (C=N–C) groups is 1. The maximum Gasteiger partial charge on any atom is 0.251 e. The molecule has 2 aliphatic rings. The molecule has 1 N–H and O–H groups in total. The molecule has 37 heavy (non-hydrogen) atoms. The minimum atomic E-state index is -0.685. The number of para-hydroxylation sites is 1. The molecule has 4 aromatic rings. The van der Waals surface area contributed by atoms with Crippen molar-refractivity contribution in [1.29, 1.82) is 0 Å². The molecular weight excluding hydrogens is 488 g/mol. The van der Waals surface area contributed by atoms with Gasteiger partial charge in [-0.1, -0.05) is 48.0 Å². The zero-order valence-electron chi connectivity index (χ0n) is 20.0. The Hall–Kier alpha value is -4.29. The monoisotopic (exact) mass is 510 g/mol. The van der Waals surface area contributed by atoms with E-state index in [2.05, 4.69) is 0 Å². The third-order valence-electron chi connectivity index (χ3n) is 6.73. The first kappa shape index (κ1) is 23.1. The van der Waals surface area contributed by atoms with E-state index in [4.69, 9.17) is 26.1 Å². The van der Waals surface area contributed by atoms with Crippen LogP contribution in [0.25, 0.3) is 11.1 Å². The molecule has 1 unspecified atom stereocenters. The minimum absolute atomic E-state index is 0.120. The number of halogens is 1. The summed E-state index contributed by atoms with van der Waals surface area (Å²) in [6.45, 7) is 0.182. The average molecular weight is 511 g/mol. The molecule has 0 radical (unpaired) electrons. The molecule has 2 heterocycles. The molecular formula is C30H23ClN2O4. The van der Waals surface area contributed by atoms with E-state index in [-0.39, 0.29) is 18.4 Å². The number of aromatic hydroxyl groups is 1. The Morgan fingerprint density at radius 1 is 0.946 bits per heavy atom. The topological polar surface area (TPSA) is 71.4 Å². The minimum Gasteiger partial charge on any atom is -0.508 e. The van der Waals surface area contributed by atoms with Gasteiger partial charge in [0.05, 0.1) is 11.4 Å². The van der Waals surface area contributed by atoms with Crippen molar-refractivity contribution in [2.24, 2.45) is 4.99 Å². The van der Waals surface area contributed by atoms with E-state index < -0.39 is 6.04 Å². The Morgan fingerprint density at radius 3 is 2.57 bits per heavy atom. The Balaban J connectivity index is 1.47. The summed E-state index contributed by atoms with van der Waals surface area (Å²) in [5.41, 5.74) is 5.77. The van der Waals surface area contributed by atoms with Gasteiger partial charge in [0.1, 0.15) is 11.8 Å². The molecule has 1 amide bonds. The summed E-state index contributed by atoms with van der Waals surface area (Å²) >= 11 is 6.37. The lowest BCUT2D eigenvalue weighted by Crippen LogP contribution is -2.36. The van der Waals surface area contributed by atoms with Crippen molar-refractivity contribution >= 4 is 28.9 Å². The number of hydrogen-bond donors (Lipinski definition) is 1. The van der Waals surface area contributed by atoms with Gasteiger partial charge >= 0.3 is 0 Å². The van der Waals surface area contributed by atoms with E-state index in [9.17, 15) is 9.90 Å². The van der Waals surface area contributed by atoms with Gasteiger partial charge in [-0.2, -0.15) is 0 Å². The van der Waals surface area contributed by atoms with Gasteiger partial charge in [0.2, 0.25) is 6.79 Å². The summed E-state index contributed by atoms with van der Waals surface area (Å²) < 4.78 is 11.3. The maximum atomic E-state index is 13.8. The standard InChI is InChI=1S/C30H23ClN2O4/c1-33-26-14-11-20(31)16-24(26)28(18-9-12-21(34)13-10-18)32-25(30(33)35)15-19-5-2-3-6-22(19)23-7-4-8-27-29(23)37-17-36-27/h2-14,16,25,34H,15,17H2,1H3. The largest absolute Gasteiger partial charge is 0.508 e. The van der Waals surface area contributed by atoms with E-state index in [0.29, 0.717) is 28.7 Å². The van der Waals surface area contributed by atoms with Crippen molar-refractivity contribution in [3.63, 3.8) is 0 Å². The van der Waals surface area contributed by atoms with Crippen LogP contribution in [0.5, 0.6) is 17.2 Å². The number of phenolic OH excluding ortho intramolecular Hbond substituents is 1. The molecule has 2 aliphatic heterocycles. The Morgan fingerprint density at radius 2 is 1.73 bits per heavy atom. The normalized spacial score (nSPS) is 16.3. The quantitative estimate of drug-likeness (QED) is 0.373. The number of rotatable bonds is 4. The van der Waals surface area contributed by atoms with E-state index >= 15 is 0 Å². The van der Waals surface area contributed by atoms with Crippen LogP contribution in [0.3, 0.4) is 0 Å². The highest BCUT2D eigenvalue weighted by atomic mass is 35.5. The van der Waals surface area contributed by atoms with Crippen LogP contribution in [0.1, 0.15) is 16.7 Å². The number of hydrogen-bond acceptors (Lipinski definition) is 5. The second-order valence-electron chi connectivity index (χ2n) is 9.00. The average Bonchev–Trinajstić information content (AvgIpc) is 3.37. The fourth-order valence-electron chi connectivity index (χ4n) is 4.91. The molecule has 0 bridgehead atoms. The van der Waals surface area contributed by atoms with Gasteiger partial charge in [0, 0.05) is 35.2 Å². The smallest absolute Gasteiger partial charge is 0.251 e. The highest BCUT2D eigenvalue weighted by Crippen LogP contribution is 2.42. The van der Waals surface area contributed by atoms with Crippen LogP contribution in [0.4, 0.5) is 5.69 Å². The Bertz CT molecular complexity index is 1550. The number of carbonyl (C=O) groups excluding carboxylic acids is 1. The summed E-state index contributed by atoms with van der Waals surface area (Å²) in [6.07, 6.45) is 0.382. The lowest BCUT2D eigenvalue weighted by molar-refractivity contribution is -0.119. The van der Waals surface area contributed by atoms with Crippen LogP contribution < -0.4 is 14.4 Å². The second-order valence-corrected chi connectivity index (χ2v) is 9.44. The summed E-state index contributed by atoms with van der Waals surface area (Å²) in [5.74, 6) is 1.45. The fourth-order valence-corrected chi connectivity index (χ4v) is 5.08. The number of fused-ring (bicyclic) bond motifs is 2. The van der Waals surface area contributed by atoms with E-state index in [1.165, 1.54) is 0 Å². The molecule has 4 aromatic carbocycles. The third kappa shape index (κ3) is 4.19. The highest BCUT2D eigenvalue weighted by Gasteiger charge is 2.31. The lowest BCUT2D eigenvalue weighted by Gasteiger charge is -2.21. The number of carbonyl (C=O) groups is 1. The summed E-state index contributed by atoms with van der Waals surface area (Å²) in [7, 11) is 1.76. The lowest BCUT2D eigenvalue weighted by atomic mass is 9.94. The molecule has 184 valence electrons. The zero-order chi connectivity index (χ0) is 25.5. The first-order chi connectivity index (χ1) is 18.0. The number of likely N-dealkylation sites (N-methyl/N-ethyl adjacent to an activating group) is 1. The van der Waals surface area contributed by atoms with Crippen molar-refractivity contribution in [3.05, 3.63) is 107 Å². The molecule has 0 spiro atoms. The van der Waals surface area contributed by atoms with Crippen molar-refractivity contribution in [2.75, 3.05) is 18.7 Å². The van der Waals surface area contributed by atoms with Crippen LogP contribution >= 0.6 is 11.6 Å². The van der Waals surface area contributed by atoms with E-state index in [1.54, 1.807) is 42.3 Å². The zero-order valence-corrected chi connectivity index (χ0v) is 20.8. The summed E-state index contributed by atoms with van der Waals surface area (Å²) in [6, 6.07) is 25.4. The molecule has 6 nitrogen and oxygen atoms in total. The number of nitrogens with zero attached hydrogens (tertiary/aromatic N) is 2. The van der Waals surface area contributed by atoms with Gasteiger partial charge in [-0.05, 0) is 59.7 Å². The second kappa shape index (κ2) is 9.30. The number of ether oxygens (including phenoxy) is 2. The van der Waals surface area contributed by atoms with Crippen LogP contribution in [-0.4, -0.2) is 36.6 Å². The van der Waals surface area contributed by atoms with Crippen LogP contribution in [-0.2, 0) is 11.2 Å². The summed E-state index contributed by atoms with van der Waals surface area (Å²) in [4.78, 5) is 20.4. The number of benzene rings is 4. The molecule has 0 aromatic heterocycles. The molecule has 0 saturated carbocycles. The first-order valence-electron chi connectivity index (χ1n) is 11.9. The SMILES string of the molecule is CN1C(=O)C(Cc2ccccc2-c2cccc3c2OCO3)N=C(c2ccc(O)cc2)c2cc(Cl)ccc21. The first-order valence-corrected chi connectivity index (χ1v) is 12.3. The van der Waals surface area contributed by atoms with Gasteiger partial charge in [0.15, 0.2) is 11.5 Å². The van der Waals surface area contributed by atoms with Crippen molar-refractivity contribution in [2.45, 2.75) is 12.5 Å². The maximum absolute atomic E-state index is 13.8. The van der Waals surface area contributed by atoms with Crippen LogP contribution in [0.15, 0.2) is 89.9 Å². The number of anilines is 1. The number of amides is 1. The van der Waals surface area contributed by atoms with Gasteiger partial charge < -0.3 is 19.5 Å². The molecule has 6 rings (SSSR count). The summed E-state index contributed by atoms with van der Waals surface area (Å²) in [5, 5.41) is 10.4. The van der Waals surface area contributed by atoms with Gasteiger partial charge in [-0.25, -0.2) is 0 Å². The van der Waals surface area contributed by atoms with Gasteiger partial charge in [0.25, 0.3) is 5.91 Å². The molecule has 0 aliphatic carbocycles. The fraction of sp³-hybridized carbons (Fsp3) is 0.133. The van der Waals surface area contributed by atoms with Crippen molar-refractivity contribution < 1.29 is 19.4 Å². The Kier molecular flexibility index (Phi) is 5.81. The van der Waals surface area contributed by atoms with Gasteiger partial charge in [-0.3, -0.25) is 9.79 Å². The highest BCUT2D eigenvalue weighted by molar-refractivity contribution is 6.32. The third-order valence-corrected chi connectivity index (χ3v) is 6.97. The van der Waals surface area contributed by atoms with E-state index in [1.807, 2.05) is 54.6 Å².